The minimum atomic E-state index is -5.39. The van der Waals surface area contributed by atoms with Crippen LogP contribution < -0.4 is 5.32 Å². The van der Waals surface area contributed by atoms with Crippen LogP contribution in [0.1, 0.15) is 13.3 Å². The number of hydrogen-bond donors (Lipinski definition) is 2. The van der Waals surface area contributed by atoms with E-state index in [-0.39, 0.29) is 18.3 Å². The third-order valence-electron chi connectivity index (χ3n) is 2.45. The summed E-state index contributed by atoms with van der Waals surface area (Å²) in [5.41, 5.74) is -5.47. The maximum Gasteiger partial charge on any atom is 0.501 e. The topological polar surface area (TPSA) is 66.4 Å². The Morgan fingerprint density at radius 3 is 2.42 bits per heavy atom. The van der Waals surface area contributed by atoms with E-state index in [9.17, 15) is 21.6 Å². The van der Waals surface area contributed by atoms with Crippen LogP contribution in [-0.2, 0) is 9.84 Å². The Morgan fingerprint density at radius 1 is 1.32 bits per heavy atom. The minimum Gasteiger partial charge on any atom is -0.396 e. The fourth-order valence-electron chi connectivity index (χ4n) is 1.48. The Morgan fingerprint density at radius 2 is 1.89 bits per heavy atom. The van der Waals surface area contributed by atoms with E-state index < -0.39 is 20.2 Å². The number of para-hydroxylation sites is 1. The molecular weight excluding hydrogens is 283 g/mol. The average Bonchev–Trinajstić information content (AvgIpc) is 2.28. The van der Waals surface area contributed by atoms with Crippen molar-refractivity contribution in [2.24, 2.45) is 0 Å². The second-order valence-corrected chi connectivity index (χ2v) is 5.91. The molecule has 0 aliphatic carbocycles. The molecule has 1 aromatic rings. The van der Waals surface area contributed by atoms with E-state index in [1.54, 1.807) is 6.92 Å². The van der Waals surface area contributed by atoms with Crippen LogP contribution in [0.4, 0.5) is 18.9 Å². The maximum absolute atomic E-state index is 12.5. The molecular formula is C11H14F3NO3S. The normalized spacial score (nSPS) is 14.2. The van der Waals surface area contributed by atoms with Crippen molar-refractivity contribution in [2.75, 3.05) is 11.9 Å². The van der Waals surface area contributed by atoms with Gasteiger partial charge in [-0.15, -0.1) is 0 Å². The van der Waals surface area contributed by atoms with Crippen LogP contribution in [0.5, 0.6) is 0 Å². The summed E-state index contributed by atoms with van der Waals surface area (Å²) in [5, 5.41) is 11.4. The quantitative estimate of drug-likeness (QED) is 0.874. The van der Waals surface area contributed by atoms with Crippen molar-refractivity contribution in [2.45, 2.75) is 29.8 Å². The average molecular weight is 297 g/mol. The van der Waals surface area contributed by atoms with Crippen molar-refractivity contribution < 1.29 is 26.7 Å². The highest BCUT2D eigenvalue weighted by atomic mass is 32.2. The number of aliphatic hydroxyl groups excluding tert-OH is 1. The number of benzene rings is 1. The van der Waals surface area contributed by atoms with Gasteiger partial charge in [-0.2, -0.15) is 13.2 Å². The van der Waals surface area contributed by atoms with Gasteiger partial charge in [0.1, 0.15) is 0 Å². The van der Waals surface area contributed by atoms with Crippen LogP contribution in [0, 0.1) is 0 Å². The summed E-state index contributed by atoms with van der Waals surface area (Å²) in [6.07, 6.45) is 0.292. The van der Waals surface area contributed by atoms with E-state index in [0.717, 1.165) is 6.07 Å². The number of anilines is 1. The molecule has 0 aliphatic rings. The number of aliphatic hydroxyl groups is 1. The lowest BCUT2D eigenvalue weighted by molar-refractivity contribution is -0.0435. The third kappa shape index (κ3) is 3.60. The molecule has 4 nitrogen and oxygen atoms in total. The first-order chi connectivity index (χ1) is 8.70. The molecule has 0 aliphatic heterocycles. The molecule has 0 saturated carbocycles. The van der Waals surface area contributed by atoms with Gasteiger partial charge in [-0.1, -0.05) is 12.1 Å². The number of sulfone groups is 1. The first kappa shape index (κ1) is 15.8. The lowest BCUT2D eigenvalue weighted by Gasteiger charge is -2.18. The Hall–Kier alpha value is -1.28. The van der Waals surface area contributed by atoms with Crippen LogP contribution in [0.2, 0.25) is 0 Å². The highest BCUT2D eigenvalue weighted by Gasteiger charge is 2.47. The summed E-state index contributed by atoms with van der Waals surface area (Å²) in [6, 6.07) is 4.46. The number of nitrogens with one attached hydrogen (secondary N) is 1. The monoisotopic (exact) mass is 297 g/mol. The van der Waals surface area contributed by atoms with E-state index in [0.29, 0.717) is 6.42 Å². The molecule has 1 rings (SSSR count). The SMILES string of the molecule is CC(CCO)Nc1ccccc1S(=O)(=O)C(F)(F)F. The standard InChI is InChI=1S/C11H14F3NO3S/c1-8(6-7-16)15-9-4-2-3-5-10(9)19(17,18)11(12,13)14/h2-5,8,15-16H,6-7H2,1H3. The maximum atomic E-state index is 12.5. The third-order valence-corrected chi connectivity index (χ3v) is 3.99. The van der Waals surface area contributed by atoms with Gasteiger partial charge in [0.2, 0.25) is 0 Å². The Labute approximate surface area is 109 Å². The van der Waals surface area contributed by atoms with Crippen LogP contribution in [0.25, 0.3) is 0 Å². The van der Waals surface area contributed by atoms with Crippen molar-refractivity contribution in [1.29, 1.82) is 0 Å². The molecule has 1 aromatic carbocycles. The van der Waals surface area contributed by atoms with E-state index in [2.05, 4.69) is 5.32 Å². The molecule has 0 heterocycles. The molecule has 2 N–H and O–H groups in total. The second kappa shape index (κ2) is 5.79. The lowest BCUT2D eigenvalue weighted by atomic mass is 10.2. The van der Waals surface area contributed by atoms with E-state index in [1.165, 1.54) is 18.2 Å². The Kier molecular flexibility index (Phi) is 4.81. The van der Waals surface area contributed by atoms with Crippen LogP contribution >= 0.6 is 0 Å². The molecule has 1 atom stereocenters. The number of hydrogen-bond acceptors (Lipinski definition) is 4. The summed E-state index contributed by atoms with van der Waals surface area (Å²) in [7, 11) is -5.39. The summed E-state index contributed by atoms with van der Waals surface area (Å²) in [4.78, 5) is -0.813. The summed E-state index contributed by atoms with van der Waals surface area (Å²) >= 11 is 0. The van der Waals surface area contributed by atoms with Gasteiger partial charge in [0.15, 0.2) is 0 Å². The largest absolute Gasteiger partial charge is 0.501 e. The van der Waals surface area contributed by atoms with E-state index in [1.807, 2.05) is 0 Å². The first-order valence-corrected chi connectivity index (χ1v) is 6.96. The Bertz CT molecular complexity index is 528. The van der Waals surface area contributed by atoms with Crippen molar-refractivity contribution in [3.63, 3.8) is 0 Å². The predicted octanol–water partition coefficient (Wildman–Crippen LogP) is 2.16. The molecule has 8 heteroatoms. The fourth-order valence-corrected chi connectivity index (χ4v) is 2.40. The molecule has 0 fully saturated rings. The lowest BCUT2D eigenvalue weighted by Crippen LogP contribution is -2.25. The van der Waals surface area contributed by atoms with Gasteiger partial charge in [-0.25, -0.2) is 8.42 Å². The molecule has 0 bridgehead atoms. The van der Waals surface area contributed by atoms with Crippen LogP contribution in [0.15, 0.2) is 29.2 Å². The summed E-state index contributed by atoms with van der Waals surface area (Å²) < 4.78 is 60.4. The van der Waals surface area contributed by atoms with E-state index >= 15 is 0 Å². The number of halogens is 3. The zero-order valence-corrected chi connectivity index (χ0v) is 10.9. The van der Waals surface area contributed by atoms with Gasteiger partial charge >= 0.3 is 5.51 Å². The minimum absolute atomic E-state index is 0.124. The van der Waals surface area contributed by atoms with Crippen molar-refractivity contribution >= 4 is 15.5 Å². The van der Waals surface area contributed by atoms with Crippen LogP contribution in [-0.4, -0.2) is 31.7 Å². The van der Waals surface area contributed by atoms with Gasteiger partial charge in [-0.3, -0.25) is 0 Å². The molecule has 0 spiro atoms. The van der Waals surface area contributed by atoms with E-state index in [4.69, 9.17) is 5.11 Å². The van der Waals surface area contributed by atoms with Crippen molar-refractivity contribution in [3.8, 4) is 0 Å². The molecule has 0 radical (unpaired) electrons. The number of alkyl halides is 3. The molecule has 108 valence electrons. The van der Waals surface area contributed by atoms with Gasteiger partial charge in [-0.05, 0) is 25.5 Å². The summed E-state index contributed by atoms with van der Waals surface area (Å²) in [5.74, 6) is 0. The predicted molar refractivity (Wildman–Crippen MR) is 64.5 cm³/mol. The van der Waals surface area contributed by atoms with Gasteiger partial charge < -0.3 is 10.4 Å². The highest BCUT2D eigenvalue weighted by Crippen LogP contribution is 2.34. The van der Waals surface area contributed by atoms with Gasteiger partial charge in [0.05, 0.1) is 10.6 Å². The molecule has 19 heavy (non-hydrogen) atoms. The first-order valence-electron chi connectivity index (χ1n) is 5.48. The number of rotatable bonds is 5. The van der Waals surface area contributed by atoms with Gasteiger partial charge in [0.25, 0.3) is 9.84 Å². The van der Waals surface area contributed by atoms with Crippen molar-refractivity contribution in [3.05, 3.63) is 24.3 Å². The van der Waals surface area contributed by atoms with Crippen molar-refractivity contribution in [1.82, 2.24) is 0 Å². The Balaban J connectivity index is 3.17. The fraction of sp³-hybridized carbons (Fsp3) is 0.455. The second-order valence-electron chi connectivity index (χ2n) is 4.00. The smallest absolute Gasteiger partial charge is 0.396 e. The highest BCUT2D eigenvalue weighted by molar-refractivity contribution is 7.92. The zero-order valence-electron chi connectivity index (χ0n) is 10.1. The van der Waals surface area contributed by atoms with Crippen LogP contribution in [0.3, 0.4) is 0 Å². The zero-order chi connectivity index (χ0) is 14.7. The summed E-state index contributed by atoms with van der Waals surface area (Å²) in [6.45, 7) is 1.48. The molecule has 0 saturated heterocycles. The molecule has 1 unspecified atom stereocenters. The van der Waals surface area contributed by atoms with Gasteiger partial charge in [0, 0.05) is 12.6 Å². The molecule has 0 amide bonds. The molecule has 0 aromatic heterocycles.